The van der Waals surface area contributed by atoms with Gasteiger partial charge in [0.25, 0.3) is 0 Å². The van der Waals surface area contributed by atoms with Gasteiger partial charge in [-0.25, -0.2) is 4.98 Å². The molecule has 2 N–H and O–H groups in total. The van der Waals surface area contributed by atoms with Crippen molar-refractivity contribution in [1.29, 1.82) is 0 Å². The zero-order valence-electron chi connectivity index (χ0n) is 11.7. The van der Waals surface area contributed by atoms with Gasteiger partial charge in [-0.15, -0.1) is 0 Å². The van der Waals surface area contributed by atoms with E-state index in [0.29, 0.717) is 6.54 Å². The molecule has 0 saturated carbocycles. The second-order valence-electron chi connectivity index (χ2n) is 5.00. The van der Waals surface area contributed by atoms with Crippen LogP contribution in [0, 0.1) is 13.8 Å². The van der Waals surface area contributed by atoms with Crippen molar-refractivity contribution in [3.05, 3.63) is 29.1 Å². The molecule has 2 rings (SSSR count). The van der Waals surface area contributed by atoms with E-state index in [4.69, 9.17) is 10.7 Å². The molecule has 0 spiro atoms. The Morgan fingerprint density at radius 2 is 1.94 bits per heavy atom. The predicted octanol–water partition coefficient (Wildman–Crippen LogP) is 2.95. The first-order valence-corrected chi connectivity index (χ1v) is 6.83. The maximum absolute atomic E-state index is 5.73. The van der Waals surface area contributed by atoms with E-state index in [2.05, 4.69) is 37.5 Å². The summed E-state index contributed by atoms with van der Waals surface area (Å²) in [7, 11) is 0. The number of nitrogens with two attached hydrogens (primary N) is 1. The predicted molar refractivity (Wildman–Crippen MR) is 76.9 cm³/mol. The Labute approximate surface area is 109 Å². The van der Waals surface area contributed by atoms with E-state index in [1.54, 1.807) is 0 Å². The maximum Gasteiger partial charge on any atom is 0.109 e. The second kappa shape index (κ2) is 5.53. The van der Waals surface area contributed by atoms with Crippen LogP contribution in [0.3, 0.4) is 0 Å². The maximum atomic E-state index is 5.73. The van der Waals surface area contributed by atoms with E-state index in [-0.39, 0.29) is 0 Å². The number of nitrogens with zero attached hydrogens (tertiary/aromatic N) is 2. The van der Waals surface area contributed by atoms with Crippen molar-refractivity contribution in [3.63, 3.8) is 0 Å². The number of rotatable bonds is 5. The fourth-order valence-corrected chi connectivity index (χ4v) is 2.33. The standard InChI is InChI=1S/C15H23N3/c1-4-5-6-15-17-13-9-11(2)12(3)10-14(13)18(15)8-7-16/h9-10H,4-8,16H2,1-3H3. The van der Waals surface area contributed by atoms with Crippen LogP contribution in [0.4, 0.5) is 0 Å². The third-order valence-corrected chi connectivity index (χ3v) is 3.55. The van der Waals surface area contributed by atoms with Gasteiger partial charge in [-0.2, -0.15) is 0 Å². The third-order valence-electron chi connectivity index (χ3n) is 3.55. The molecule has 0 unspecified atom stereocenters. The molecule has 0 saturated heterocycles. The number of aromatic nitrogens is 2. The molecule has 1 aromatic carbocycles. The van der Waals surface area contributed by atoms with E-state index >= 15 is 0 Å². The minimum absolute atomic E-state index is 0.664. The molecule has 0 aliphatic rings. The number of imidazole rings is 1. The molecule has 0 aliphatic carbocycles. The number of aryl methyl sites for hydroxylation is 3. The average molecular weight is 245 g/mol. The first-order chi connectivity index (χ1) is 8.67. The van der Waals surface area contributed by atoms with Crippen LogP contribution in [0.25, 0.3) is 11.0 Å². The highest BCUT2D eigenvalue weighted by atomic mass is 15.1. The topological polar surface area (TPSA) is 43.8 Å². The van der Waals surface area contributed by atoms with Crippen molar-refractivity contribution in [2.24, 2.45) is 5.73 Å². The molecule has 0 amide bonds. The monoisotopic (exact) mass is 245 g/mol. The summed E-state index contributed by atoms with van der Waals surface area (Å²) in [5.41, 5.74) is 10.7. The number of unbranched alkanes of at least 4 members (excludes halogenated alkanes) is 1. The molecular formula is C15H23N3. The first-order valence-electron chi connectivity index (χ1n) is 6.83. The molecule has 18 heavy (non-hydrogen) atoms. The Bertz CT molecular complexity index is 540. The lowest BCUT2D eigenvalue weighted by molar-refractivity contribution is 0.651. The average Bonchev–Trinajstić information content (AvgIpc) is 2.66. The van der Waals surface area contributed by atoms with Gasteiger partial charge in [0, 0.05) is 19.5 Å². The molecule has 2 aromatic rings. The zero-order chi connectivity index (χ0) is 13.1. The van der Waals surface area contributed by atoms with Crippen molar-refractivity contribution in [2.45, 2.75) is 46.6 Å². The van der Waals surface area contributed by atoms with Crippen LogP contribution in [0.1, 0.15) is 36.7 Å². The van der Waals surface area contributed by atoms with Gasteiger partial charge in [-0.1, -0.05) is 13.3 Å². The molecule has 98 valence electrons. The Morgan fingerprint density at radius 3 is 2.61 bits per heavy atom. The van der Waals surface area contributed by atoms with Crippen molar-refractivity contribution >= 4 is 11.0 Å². The number of hydrogen-bond acceptors (Lipinski definition) is 2. The summed E-state index contributed by atoms with van der Waals surface area (Å²) in [4.78, 5) is 4.78. The minimum atomic E-state index is 0.664. The highest BCUT2D eigenvalue weighted by molar-refractivity contribution is 5.78. The molecule has 1 heterocycles. The van der Waals surface area contributed by atoms with Gasteiger partial charge in [0.1, 0.15) is 5.82 Å². The highest BCUT2D eigenvalue weighted by Crippen LogP contribution is 2.21. The summed E-state index contributed by atoms with van der Waals surface area (Å²) >= 11 is 0. The number of fused-ring (bicyclic) bond motifs is 1. The molecule has 0 aliphatic heterocycles. The highest BCUT2D eigenvalue weighted by Gasteiger charge is 2.10. The van der Waals surface area contributed by atoms with E-state index in [9.17, 15) is 0 Å². The van der Waals surface area contributed by atoms with E-state index in [1.807, 2.05) is 0 Å². The Hall–Kier alpha value is -1.35. The molecule has 0 atom stereocenters. The van der Waals surface area contributed by atoms with Crippen LogP contribution in [0.2, 0.25) is 0 Å². The smallest absolute Gasteiger partial charge is 0.109 e. The zero-order valence-corrected chi connectivity index (χ0v) is 11.7. The van der Waals surface area contributed by atoms with Gasteiger partial charge in [0.15, 0.2) is 0 Å². The van der Waals surface area contributed by atoms with Crippen molar-refractivity contribution in [3.8, 4) is 0 Å². The SMILES string of the molecule is CCCCc1nc2cc(C)c(C)cc2n1CCN. The van der Waals surface area contributed by atoms with E-state index in [0.717, 1.165) is 18.5 Å². The van der Waals surface area contributed by atoms with Crippen molar-refractivity contribution in [2.75, 3.05) is 6.54 Å². The van der Waals surface area contributed by atoms with E-state index < -0.39 is 0 Å². The first kappa shape index (κ1) is 13.1. The Kier molecular flexibility index (Phi) is 4.02. The van der Waals surface area contributed by atoms with Crippen LogP contribution in [0.15, 0.2) is 12.1 Å². The molecule has 0 bridgehead atoms. The normalized spacial score (nSPS) is 11.3. The molecule has 1 aromatic heterocycles. The van der Waals surface area contributed by atoms with Gasteiger partial charge >= 0.3 is 0 Å². The number of benzene rings is 1. The lowest BCUT2D eigenvalue weighted by Crippen LogP contribution is -2.12. The van der Waals surface area contributed by atoms with Gasteiger partial charge in [0.05, 0.1) is 11.0 Å². The van der Waals surface area contributed by atoms with E-state index in [1.165, 1.54) is 35.3 Å². The van der Waals surface area contributed by atoms with Crippen LogP contribution >= 0.6 is 0 Å². The summed E-state index contributed by atoms with van der Waals surface area (Å²) in [5, 5.41) is 0. The molecule has 3 heteroatoms. The quantitative estimate of drug-likeness (QED) is 0.880. The van der Waals surface area contributed by atoms with Crippen LogP contribution in [0.5, 0.6) is 0 Å². The Morgan fingerprint density at radius 1 is 1.22 bits per heavy atom. The summed E-state index contributed by atoms with van der Waals surface area (Å²) in [6, 6.07) is 4.43. The second-order valence-corrected chi connectivity index (χ2v) is 5.00. The third kappa shape index (κ3) is 2.41. The Balaban J connectivity index is 2.52. The van der Waals surface area contributed by atoms with Gasteiger partial charge < -0.3 is 10.3 Å². The van der Waals surface area contributed by atoms with Gasteiger partial charge in [-0.3, -0.25) is 0 Å². The minimum Gasteiger partial charge on any atom is -0.329 e. The van der Waals surface area contributed by atoms with Crippen LogP contribution < -0.4 is 5.73 Å². The number of hydrogen-bond donors (Lipinski definition) is 1. The summed E-state index contributed by atoms with van der Waals surface area (Å²) in [6.07, 6.45) is 3.43. The lowest BCUT2D eigenvalue weighted by Gasteiger charge is -2.08. The lowest BCUT2D eigenvalue weighted by atomic mass is 10.1. The molecule has 0 fully saturated rings. The fraction of sp³-hybridized carbons (Fsp3) is 0.533. The molecular weight excluding hydrogens is 222 g/mol. The van der Waals surface area contributed by atoms with Crippen LogP contribution in [-0.4, -0.2) is 16.1 Å². The van der Waals surface area contributed by atoms with Crippen molar-refractivity contribution < 1.29 is 0 Å². The summed E-state index contributed by atoms with van der Waals surface area (Å²) in [6.45, 7) is 8.03. The van der Waals surface area contributed by atoms with Crippen LogP contribution in [-0.2, 0) is 13.0 Å². The van der Waals surface area contributed by atoms with Gasteiger partial charge in [-0.05, 0) is 43.5 Å². The summed E-state index contributed by atoms with van der Waals surface area (Å²) in [5.74, 6) is 1.18. The molecule has 3 nitrogen and oxygen atoms in total. The van der Waals surface area contributed by atoms with Gasteiger partial charge in [0.2, 0.25) is 0 Å². The molecule has 0 radical (unpaired) electrons. The summed E-state index contributed by atoms with van der Waals surface area (Å²) < 4.78 is 2.29. The fourth-order valence-electron chi connectivity index (χ4n) is 2.33. The largest absolute Gasteiger partial charge is 0.329 e. The van der Waals surface area contributed by atoms with Crippen molar-refractivity contribution in [1.82, 2.24) is 9.55 Å².